The van der Waals surface area contributed by atoms with Gasteiger partial charge in [-0.05, 0) is 80.8 Å². The minimum atomic E-state index is -3.68. The van der Waals surface area contributed by atoms with Crippen molar-refractivity contribution in [1.29, 1.82) is 0 Å². The van der Waals surface area contributed by atoms with E-state index in [4.69, 9.17) is 6.42 Å². The number of amides is 2. The third kappa shape index (κ3) is 4.82. The normalized spacial score (nSPS) is 15.3. The molecule has 1 aromatic rings. The van der Waals surface area contributed by atoms with Crippen LogP contribution in [0, 0.1) is 12.3 Å². The molecule has 0 heterocycles. The molecule has 1 aromatic carbocycles. The van der Waals surface area contributed by atoms with Crippen molar-refractivity contribution in [3.8, 4) is 12.3 Å². The number of benzene rings is 1. The highest BCUT2D eigenvalue weighted by atomic mass is 32.2. The van der Waals surface area contributed by atoms with E-state index in [9.17, 15) is 13.2 Å². The Morgan fingerprint density at radius 3 is 2.41 bits per heavy atom. The van der Waals surface area contributed by atoms with Crippen LogP contribution in [0.25, 0.3) is 0 Å². The number of nitrogens with one attached hydrogen (secondary N) is 2. The van der Waals surface area contributed by atoms with Crippen molar-refractivity contribution in [3.63, 3.8) is 0 Å². The largest absolute Gasteiger partial charge is 0.332 e. The summed E-state index contributed by atoms with van der Waals surface area (Å²) in [5.41, 5.74) is 5.80. The number of nitrogens with zero attached hydrogens (tertiary/aromatic N) is 1. The maximum Gasteiger partial charge on any atom is 0.332 e. The van der Waals surface area contributed by atoms with E-state index in [1.54, 1.807) is 0 Å². The third-order valence-electron chi connectivity index (χ3n) is 5.27. The van der Waals surface area contributed by atoms with Crippen molar-refractivity contribution in [1.82, 2.24) is 9.62 Å². The molecule has 0 aromatic heterocycles. The van der Waals surface area contributed by atoms with Crippen molar-refractivity contribution < 1.29 is 13.2 Å². The Labute approximate surface area is 161 Å². The molecule has 2 aliphatic carbocycles. The van der Waals surface area contributed by atoms with E-state index in [2.05, 4.69) is 22.0 Å². The van der Waals surface area contributed by atoms with Crippen LogP contribution in [0.4, 0.5) is 10.5 Å². The molecule has 0 saturated carbocycles. The highest BCUT2D eigenvalue weighted by Gasteiger charge is 2.25. The topological polar surface area (TPSA) is 78.5 Å². The fourth-order valence-corrected chi connectivity index (χ4v) is 5.00. The minimum Gasteiger partial charge on any atom is -0.307 e. The number of carbonyl (C=O) groups is 1. The van der Waals surface area contributed by atoms with Crippen LogP contribution in [0.15, 0.2) is 6.07 Å². The standard InChI is InChI=1S/C20H27N3O3S/c1-3-11-23(2)12-6-13-27(25,26)22-20(24)21-19-17-9-4-7-15(17)14-16-8-5-10-18(16)19/h1,14H,4-13H2,2H3,(H2,21,22,24). The predicted molar refractivity (Wildman–Crippen MR) is 107 cm³/mol. The number of hydrogen-bond donors (Lipinski definition) is 2. The van der Waals surface area contributed by atoms with Crippen molar-refractivity contribution in [2.24, 2.45) is 0 Å². The number of urea groups is 1. The summed E-state index contributed by atoms with van der Waals surface area (Å²) in [6, 6.07) is 1.61. The number of fused-ring (bicyclic) bond motifs is 2. The Balaban J connectivity index is 1.62. The van der Waals surface area contributed by atoms with Gasteiger partial charge in [0.2, 0.25) is 10.0 Å². The molecule has 0 aliphatic heterocycles. The first kappa shape index (κ1) is 19.7. The van der Waals surface area contributed by atoms with Crippen LogP contribution in [0.3, 0.4) is 0 Å². The highest BCUT2D eigenvalue weighted by molar-refractivity contribution is 7.90. The fourth-order valence-electron chi connectivity index (χ4n) is 4.06. The summed E-state index contributed by atoms with van der Waals surface area (Å²) in [6.07, 6.45) is 11.7. The van der Waals surface area contributed by atoms with Gasteiger partial charge >= 0.3 is 6.03 Å². The molecular formula is C20H27N3O3S. The molecule has 0 unspecified atom stereocenters. The first-order chi connectivity index (χ1) is 12.9. The van der Waals surface area contributed by atoms with Crippen molar-refractivity contribution in [2.45, 2.75) is 44.9 Å². The van der Waals surface area contributed by atoms with Gasteiger partial charge in [0.15, 0.2) is 0 Å². The summed E-state index contributed by atoms with van der Waals surface area (Å²) in [5, 5.41) is 2.85. The third-order valence-corrected chi connectivity index (χ3v) is 6.60. The predicted octanol–water partition coefficient (Wildman–Crippen LogP) is 2.07. The molecule has 2 N–H and O–H groups in total. The molecule has 0 radical (unpaired) electrons. The second-order valence-corrected chi connectivity index (χ2v) is 9.25. The molecule has 0 bridgehead atoms. The van der Waals surface area contributed by atoms with Crippen LogP contribution < -0.4 is 10.0 Å². The first-order valence-corrected chi connectivity index (χ1v) is 11.1. The van der Waals surface area contributed by atoms with Gasteiger partial charge in [-0.25, -0.2) is 17.9 Å². The van der Waals surface area contributed by atoms with E-state index in [1.807, 2.05) is 11.9 Å². The van der Waals surface area contributed by atoms with Gasteiger partial charge in [0.1, 0.15) is 0 Å². The lowest BCUT2D eigenvalue weighted by Gasteiger charge is -2.17. The summed E-state index contributed by atoms with van der Waals surface area (Å²) in [7, 11) is -1.84. The number of aryl methyl sites for hydroxylation is 2. The lowest BCUT2D eigenvalue weighted by molar-refractivity contribution is 0.256. The number of sulfonamides is 1. The van der Waals surface area contributed by atoms with Crippen molar-refractivity contribution in [2.75, 3.05) is 31.2 Å². The zero-order valence-electron chi connectivity index (χ0n) is 15.8. The van der Waals surface area contributed by atoms with Crippen molar-refractivity contribution in [3.05, 3.63) is 28.3 Å². The average Bonchev–Trinajstić information content (AvgIpc) is 3.22. The summed E-state index contributed by atoms with van der Waals surface area (Å²) >= 11 is 0. The van der Waals surface area contributed by atoms with E-state index >= 15 is 0 Å². The van der Waals surface area contributed by atoms with Crippen LogP contribution in [0.5, 0.6) is 0 Å². The van der Waals surface area contributed by atoms with E-state index in [1.165, 1.54) is 22.3 Å². The highest BCUT2D eigenvalue weighted by Crippen LogP contribution is 2.38. The molecule has 27 heavy (non-hydrogen) atoms. The van der Waals surface area contributed by atoms with Gasteiger partial charge in [-0.2, -0.15) is 0 Å². The molecule has 0 spiro atoms. The summed E-state index contributed by atoms with van der Waals surface area (Å²) in [6.45, 7) is 1.03. The molecule has 2 amide bonds. The maximum absolute atomic E-state index is 12.4. The van der Waals surface area contributed by atoms with Gasteiger partial charge in [0.25, 0.3) is 0 Å². The first-order valence-electron chi connectivity index (χ1n) is 9.49. The van der Waals surface area contributed by atoms with Crippen LogP contribution in [-0.4, -0.2) is 45.2 Å². The van der Waals surface area contributed by atoms with Gasteiger partial charge in [-0.1, -0.05) is 12.0 Å². The monoisotopic (exact) mass is 389 g/mol. The molecular weight excluding hydrogens is 362 g/mol. The number of anilines is 1. The van der Waals surface area contributed by atoms with E-state index in [0.29, 0.717) is 19.5 Å². The maximum atomic E-state index is 12.4. The Kier molecular flexibility index (Phi) is 6.08. The van der Waals surface area contributed by atoms with Gasteiger partial charge < -0.3 is 5.32 Å². The Hall–Kier alpha value is -2.04. The number of hydrogen-bond acceptors (Lipinski definition) is 4. The number of rotatable bonds is 7. The van der Waals surface area contributed by atoms with E-state index in [-0.39, 0.29) is 5.75 Å². The molecule has 0 saturated heterocycles. The number of terminal acetylenes is 1. The molecule has 2 aliphatic rings. The van der Waals surface area contributed by atoms with Gasteiger partial charge in [0.05, 0.1) is 12.3 Å². The van der Waals surface area contributed by atoms with Gasteiger partial charge in [-0.15, -0.1) is 6.42 Å². The summed E-state index contributed by atoms with van der Waals surface area (Å²) in [4.78, 5) is 14.3. The zero-order valence-corrected chi connectivity index (χ0v) is 16.6. The molecule has 3 rings (SSSR count). The quantitative estimate of drug-likeness (QED) is 0.700. The molecule has 0 fully saturated rings. The Bertz CT molecular complexity index is 839. The second-order valence-electron chi connectivity index (χ2n) is 7.40. The average molecular weight is 390 g/mol. The van der Waals surface area contributed by atoms with Crippen molar-refractivity contribution >= 4 is 21.7 Å². The van der Waals surface area contributed by atoms with Crippen LogP contribution >= 0.6 is 0 Å². The van der Waals surface area contributed by atoms with Crippen LogP contribution in [-0.2, 0) is 35.7 Å². The summed E-state index contributed by atoms with van der Waals surface area (Å²) < 4.78 is 26.6. The van der Waals surface area contributed by atoms with Gasteiger partial charge in [0, 0.05) is 5.69 Å². The smallest absolute Gasteiger partial charge is 0.307 e. The second kappa shape index (κ2) is 8.32. The van der Waals surface area contributed by atoms with Crippen LogP contribution in [0.2, 0.25) is 0 Å². The van der Waals surface area contributed by atoms with E-state index in [0.717, 1.165) is 44.2 Å². The number of carbonyl (C=O) groups excluding carboxylic acids is 1. The van der Waals surface area contributed by atoms with Gasteiger partial charge in [-0.3, -0.25) is 4.90 Å². The SMILES string of the molecule is C#CCN(C)CCCS(=O)(=O)NC(=O)Nc1c2c(cc3c1CCC3)CCC2. The summed E-state index contributed by atoms with van der Waals surface area (Å²) in [5.74, 6) is 2.40. The fraction of sp³-hybridized carbons (Fsp3) is 0.550. The van der Waals surface area contributed by atoms with E-state index < -0.39 is 16.1 Å². The molecule has 146 valence electrons. The molecule has 6 nitrogen and oxygen atoms in total. The lowest BCUT2D eigenvalue weighted by atomic mass is 9.99. The molecule has 7 heteroatoms. The minimum absolute atomic E-state index is 0.111. The van der Waals surface area contributed by atoms with Crippen LogP contribution in [0.1, 0.15) is 41.5 Å². The Morgan fingerprint density at radius 2 is 1.81 bits per heavy atom. The Morgan fingerprint density at radius 1 is 1.19 bits per heavy atom. The molecule has 0 atom stereocenters. The zero-order chi connectivity index (χ0) is 19.4. The lowest BCUT2D eigenvalue weighted by Crippen LogP contribution is -2.37.